The van der Waals surface area contributed by atoms with Gasteiger partial charge in [-0.1, -0.05) is 78.9 Å². The minimum atomic E-state index is -0.166. The molecule has 0 bridgehead atoms. The number of hydrogen-bond donors (Lipinski definition) is 1. The molecule has 0 radical (unpaired) electrons. The first kappa shape index (κ1) is 17.4. The average molecular weight is 413 g/mol. The SMILES string of the molecule is c1ccc(C2Nc3ccc4cc(-c5cccc6c5oc5ccccc56)ccc4c3O2)cc1. The highest BCUT2D eigenvalue weighted by molar-refractivity contribution is 6.10. The first-order valence-corrected chi connectivity index (χ1v) is 10.8. The summed E-state index contributed by atoms with van der Waals surface area (Å²) in [7, 11) is 0. The number of benzene rings is 5. The lowest BCUT2D eigenvalue weighted by molar-refractivity contribution is 0.262. The maximum Gasteiger partial charge on any atom is 0.196 e. The third kappa shape index (κ3) is 2.55. The maximum atomic E-state index is 6.33. The average Bonchev–Trinajstić information content (AvgIpc) is 3.46. The van der Waals surface area contributed by atoms with Gasteiger partial charge in [-0.25, -0.2) is 0 Å². The Bertz CT molecular complexity index is 1630. The molecule has 0 fully saturated rings. The molecule has 0 amide bonds. The molecule has 1 aliphatic rings. The van der Waals surface area contributed by atoms with Crippen LogP contribution in [0.15, 0.2) is 108 Å². The summed E-state index contributed by atoms with van der Waals surface area (Å²) in [4.78, 5) is 0. The minimum Gasteiger partial charge on any atom is -0.464 e. The smallest absolute Gasteiger partial charge is 0.196 e. The van der Waals surface area contributed by atoms with E-state index in [0.29, 0.717) is 0 Å². The highest BCUT2D eigenvalue weighted by Gasteiger charge is 2.25. The molecule has 7 rings (SSSR count). The number of anilines is 1. The summed E-state index contributed by atoms with van der Waals surface area (Å²) in [5, 5.41) is 8.03. The highest BCUT2D eigenvalue weighted by atomic mass is 16.5. The molecule has 3 heteroatoms. The fourth-order valence-corrected chi connectivity index (χ4v) is 4.75. The summed E-state index contributed by atoms with van der Waals surface area (Å²) in [5.41, 5.74) is 6.22. The fraction of sp³-hybridized carbons (Fsp3) is 0.0345. The van der Waals surface area contributed by atoms with Gasteiger partial charge in [0.25, 0.3) is 0 Å². The minimum absolute atomic E-state index is 0.166. The lowest BCUT2D eigenvalue weighted by Crippen LogP contribution is -2.09. The first-order valence-electron chi connectivity index (χ1n) is 10.8. The summed E-state index contributed by atoms with van der Waals surface area (Å²) in [6.07, 6.45) is -0.166. The molecular weight excluding hydrogens is 394 g/mol. The van der Waals surface area contributed by atoms with Crippen LogP contribution in [0.5, 0.6) is 5.75 Å². The van der Waals surface area contributed by atoms with Crippen molar-refractivity contribution in [2.45, 2.75) is 6.23 Å². The quantitative estimate of drug-likeness (QED) is 0.313. The molecule has 0 saturated carbocycles. The van der Waals surface area contributed by atoms with Crippen LogP contribution in [0.1, 0.15) is 11.8 Å². The van der Waals surface area contributed by atoms with Crippen LogP contribution in [0, 0.1) is 0 Å². The standard InChI is InChI=1S/C29H19NO2/c1-2-7-18(8-3-1)29-30-25-16-14-20-17-19(13-15-22(20)28(25)32-29)21-10-6-11-24-23-9-4-5-12-26(23)31-27(21)24/h1-17,29-30H. The number of nitrogens with one attached hydrogen (secondary N) is 1. The summed E-state index contributed by atoms with van der Waals surface area (Å²) >= 11 is 0. The topological polar surface area (TPSA) is 34.4 Å². The molecule has 1 aliphatic heterocycles. The van der Waals surface area contributed by atoms with Gasteiger partial charge in [0.05, 0.1) is 5.69 Å². The van der Waals surface area contributed by atoms with Gasteiger partial charge in [-0.15, -0.1) is 0 Å². The predicted octanol–water partition coefficient (Wildman–Crippen LogP) is 7.91. The predicted molar refractivity (Wildman–Crippen MR) is 130 cm³/mol. The molecule has 152 valence electrons. The van der Waals surface area contributed by atoms with Crippen LogP contribution in [-0.2, 0) is 0 Å². The molecule has 1 N–H and O–H groups in total. The van der Waals surface area contributed by atoms with Crippen LogP contribution in [0.4, 0.5) is 5.69 Å². The largest absolute Gasteiger partial charge is 0.464 e. The lowest BCUT2D eigenvalue weighted by Gasteiger charge is -2.11. The van der Waals surface area contributed by atoms with Crippen LogP contribution in [-0.4, -0.2) is 0 Å². The molecule has 1 unspecified atom stereocenters. The van der Waals surface area contributed by atoms with Crippen molar-refractivity contribution in [3.8, 4) is 16.9 Å². The Morgan fingerprint density at radius 1 is 0.656 bits per heavy atom. The molecule has 6 aromatic rings. The van der Waals surface area contributed by atoms with Gasteiger partial charge in [-0.2, -0.15) is 0 Å². The van der Waals surface area contributed by atoms with Crippen molar-refractivity contribution in [2.75, 3.05) is 5.32 Å². The molecule has 1 atom stereocenters. The van der Waals surface area contributed by atoms with Gasteiger partial charge >= 0.3 is 0 Å². The van der Waals surface area contributed by atoms with Crippen molar-refractivity contribution < 1.29 is 9.15 Å². The first-order chi connectivity index (χ1) is 15.8. The van der Waals surface area contributed by atoms with Crippen LogP contribution in [0.25, 0.3) is 43.8 Å². The van der Waals surface area contributed by atoms with Crippen molar-refractivity contribution in [1.29, 1.82) is 0 Å². The third-order valence-electron chi connectivity index (χ3n) is 6.31. The molecule has 2 heterocycles. The van der Waals surface area contributed by atoms with E-state index in [1.807, 2.05) is 30.3 Å². The van der Waals surface area contributed by atoms with E-state index in [2.05, 4.69) is 78.1 Å². The number of fused-ring (bicyclic) bond motifs is 6. The second-order valence-corrected chi connectivity index (χ2v) is 8.21. The highest BCUT2D eigenvalue weighted by Crippen LogP contribution is 2.44. The van der Waals surface area contributed by atoms with Crippen molar-refractivity contribution in [3.63, 3.8) is 0 Å². The molecule has 0 aliphatic carbocycles. The Kier molecular flexibility index (Phi) is 3.61. The van der Waals surface area contributed by atoms with E-state index in [4.69, 9.17) is 9.15 Å². The third-order valence-corrected chi connectivity index (χ3v) is 6.31. The van der Waals surface area contributed by atoms with Crippen LogP contribution in [0.2, 0.25) is 0 Å². The van der Waals surface area contributed by atoms with Crippen LogP contribution < -0.4 is 10.1 Å². The van der Waals surface area contributed by atoms with Gasteiger partial charge in [0.15, 0.2) is 12.0 Å². The van der Waals surface area contributed by atoms with Gasteiger partial charge in [0, 0.05) is 27.3 Å². The molecule has 0 spiro atoms. The van der Waals surface area contributed by atoms with Crippen molar-refractivity contribution >= 4 is 38.4 Å². The van der Waals surface area contributed by atoms with Gasteiger partial charge in [-0.3, -0.25) is 0 Å². The van der Waals surface area contributed by atoms with Gasteiger partial charge in [0.1, 0.15) is 11.2 Å². The second-order valence-electron chi connectivity index (χ2n) is 8.21. The zero-order chi connectivity index (χ0) is 21.1. The van der Waals surface area contributed by atoms with Crippen molar-refractivity contribution in [2.24, 2.45) is 0 Å². The molecule has 3 nitrogen and oxygen atoms in total. The molecular formula is C29H19NO2. The van der Waals surface area contributed by atoms with Crippen molar-refractivity contribution in [3.05, 3.63) is 109 Å². The summed E-state index contributed by atoms with van der Waals surface area (Å²) in [6, 6.07) is 35.6. The van der Waals surface area contributed by atoms with E-state index in [1.54, 1.807) is 0 Å². The number of hydrogen-bond acceptors (Lipinski definition) is 3. The summed E-state index contributed by atoms with van der Waals surface area (Å²) < 4.78 is 12.6. The number of furan rings is 1. The van der Waals surface area contributed by atoms with Gasteiger partial charge in [-0.05, 0) is 35.2 Å². The van der Waals surface area contributed by atoms with E-state index in [-0.39, 0.29) is 6.23 Å². The van der Waals surface area contributed by atoms with Gasteiger partial charge in [0.2, 0.25) is 0 Å². The van der Waals surface area contributed by atoms with Gasteiger partial charge < -0.3 is 14.5 Å². The van der Waals surface area contributed by atoms with E-state index in [0.717, 1.165) is 60.8 Å². The molecule has 5 aromatic carbocycles. The van der Waals surface area contributed by atoms with Crippen LogP contribution in [0.3, 0.4) is 0 Å². The summed E-state index contributed by atoms with van der Waals surface area (Å²) in [6.45, 7) is 0. The Balaban J connectivity index is 1.34. The monoisotopic (exact) mass is 413 g/mol. The van der Waals surface area contributed by atoms with Crippen LogP contribution >= 0.6 is 0 Å². The normalized spacial score (nSPS) is 15.1. The van der Waals surface area contributed by atoms with E-state index >= 15 is 0 Å². The Morgan fingerprint density at radius 2 is 1.50 bits per heavy atom. The molecule has 0 saturated heterocycles. The number of ether oxygens (including phenoxy) is 1. The van der Waals surface area contributed by atoms with Crippen molar-refractivity contribution in [1.82, 2.24) is 0 Å². The number of rotatable bonds is 2. The maximum absolute atomic E-state index is 6.33. The zero-order valence-electron chi connectivity index (χ0n) is 17.2. The number of para-hydroxylation sites is 2. The zero-order valence-corrected chi connectivity index (χ0v) is 17.2. The Labute approximate surface area is 184 Å². The van der Waals surface area contributed by atoms with E-state index < -0.39 is 0 Å². The molecule has 32 heavy (non-hydrogen) atoms. The van der Waals surface area contributed by atoms with E-state index in [1.165, 1.54) is 0 Å². The summed E-state index contributed by atoms with van der Waals surface area (Å²) in [5.74, 6) is 0.907. The second kappa shape index (κ2) is 6.63. The fourth-order valence-electron chi connectivity index (χ4n) is 4.75. The molecule has 1 aromatic heterocycles. The Hall–Kier alpha value is -4.24. The van der Waals surface area contributed by atoms with E-state index in [9.17, 15) is 0 Å². The Morgan fingerprint density at radius 3 is 2.44 bits per heavy atom. The lowest BCUT2D eigenvalue weighted by atomic mass is 9.98.